The highest BCUT2D eigenvalue weighted by atomic mass is 79.9. The van der Waals surface area contributed by atoms with Crippen LogP contribution in [0.5, 0.6) is 11.5 Å². The largest absolute Gasteiger partial charge is 0.497 e. The molecule has 3 aromatic carbocycles. The summed E-state index contributed by atoms with van der Waals surface area (Å²) in [5.74, 6) is 1.33. The summed E-state index contributed by atoms with van der Waals surface area (Å²) in [5, 5.41) is 7.36. The van der Waals surface area contributed by atoms with Crippen LogP contribution in [0.1, 0.15) is 29.2 Å². The van der Waals surface area contributed by atoms with Gasteiger partial charge in [0.25, 0.3) is 5.91 Å². The molecule has 0 aliphatic carbocycles. The lowest BCUT2D eigenvalue weighted by Gasteiger charge is -2.22. The van der Waals surface area contributed by atoms with Crippen molar-refractivity contribution in [2.75, 3.05) is 14.2 Å². The van der Waals surface area contributed by atoms with Crippen LogP contribution in [-0.2, 0) is 4.79 Å². The number of hydrogen-bond donors (Lipinski definition) is 0. The van der Waals surface area contributed by atoms with E-state index in [1.165, 1.54) is 11.8 Å². The molecule has 35 heavy (non-hydrogen) atoms. The second kappa shape index (κ2) is 10.1. The van der Waals surface area contributed by atoms with E-state index in [1.54, 1.807) is 14.2 Å². The van der Waals surface area contributed by atoms with E-state index in [4.69, 9.17) is 14.6 Å². The summed E-state index contributed by atoms with van der Waals surface area (Å²) in [6.07, 6.45) is 2.54. The van der Waals surface area contributed by atoms with Gasteiger partial charge in [0.05, 0.1) is 30.9 Å². The van der Waals surface area contributed by atoms with Crippen LogP contribution in [0.15, 0.2) is 92.3 Å². The number of hydrogen-bond acceptors (Lipinski definition) is 6. The summed E-state index contributed by atoms with van der Waals surface area (Å²) in [4.78, 5) is 17.7. The van der Waals surface area contributed by atoms with E-state index >= 15 is 0 Å². The maximum atomic E-state index is 12.8. The third-order valence-corrected chi connectivity index (χ3v) is 7.31. The van der Waals surface area contributed by atoms with Crippen molar-refractivity contribution >= 4 is 50.6 Å². The Kier molecular flexibility index (Phi) is 6.74. The predicted molar refractivity (Wildman–Crippen MR) is 144 cm³/mol. The van der Waals surface area contributed by atoms with Gasteiger partial charge in [0.1, 0.15) is 11.5 Å². The lowest BCUT2D eigenvalue weighted by Crippen LogP contribution is -2.23. The first-order chi connectivity index (χ1) is 17.0. The van der Waals surface area contributed by atoms with E-state index < -0.39 is 0 Å². The third-order valence-electron chi connectivity index (χ3n) is 5.81. The van der Waals surface area contributed by atoms with E-state index in [2.05, 4.69) is 20.9 Å². The molecule has 0 spiro atoms. The van der Waals surface area contributed by atoms with Crippen LogP contribution >= 0.6 is 27.7 Å². The van der Waals surface area contributed by atoms with Crippen molar-refractivity contribution in [3.63, 3.8) is 0 Å². The van der Waals surface area contributed by atoms with E-state index in [0.29, 0.717) is 16.5 Å². The predicted octanol–water partition coefficient (Wildman–Crippen LogP) is 6.29. The van der Waals surface area contributed by atoms with Crippen molar-refractivity contribution in [2.45, 2.75) is 12.5 Å². The van der Waals surface area contributed by atoms with Crippen LogP contribution in [0.3, 0.4) is 0 Å². The summed E-state index contributed by atoms with van der Waals surface area (Å²) in [7, 11) is 3.30. The number of halogens is 1. The number of benzene rings is 3. The smallest absolute Gasteiger partial charge is 0.286 e. The lowest BCUT2D eigenvalue weighted by molar-refractivity contribution is -0.113. The molecule has 1 amide bonds. The van der Waals surface area contributed by atoms with Crippen LogP contribution in [-0.4, -0.2) is 36.0 Å². The Morgan fingerprint density at radius 3 is 2.20 bits per heavy atom. The second-order valence-electron chi connectivity index (χ2n) is 7.97. The normalized spacial score (nSPS) is 18.6. The number of rotatable bonds is 5. The third kappa shape index (κ3) is 5.04. The SMILES string of the molecule is COc1ccc(C2=NN(C3=NC(=O)/C(=C/c4ccc(Br)cc4)S3)C(c3ccc(OC)cc3)C2)cc1. The fraction of sp³-hybridized carbons (Fsp3) is 0.148. The Labute approximate surface area is 216 Å². The highest BCUT2D eigenvalue weighted by Crippen LogP contribution is 2.40. The Balaban J connectivity index is 1.46. The summed E-state index contributed by atoms with van der Waals surface area (Å²) in [6, 6.07) is 23.5. The lowest BCUT2D eigenvalue weighted by atomic mass is 9.98. The summed E-state index contributed by atoms with van der Waals surface area (Å²) in [6.45, 7) is 0. The topological polar surface area (TPSA) is 63.5 Å². The molecule has 8 heteroatoms. The fourth-order valence-corrected chi connectivity index (χ4v) is 5.12. The maximum absolute atomic E-state index is 12.8. The van der Waals surface area contributed by atoms with Gasteiger partial charge in [-0.05, 0) is 83.1 Å². The molecule has 2 aliphatic heterocycles. The molecule has 1 unspecified atom stereocenters. The van der Waals surface area contributed by atoms with Crippen LogP contribution in [0.25, 0.3) is 6.08 Å². The average molecular weight is 548 g/mol. The number of thioether (sulfide) groups is 1. The second-order valence-corrected chi connectivity index (χ2v) is 9.90. The van der Waals surface area contributed by atoms with Crippen molar-refractivity contribution in [1.29, 1.82) is 0 Å². The minimum Gasteiger partial charge on any atom is -0.497 e. The monoisotopic (exact) mass is 547 g/mol. The summed E-state index contributed by atoms with van der Waals surface area (Å²) >= 11 is 4.79. The van der Waals surface area contributed by atoms with Crippen molar-refractivity contribution in [1.82, 2.24) is 5.01 Å². The van der Waals surface area contributed by atoms with Crippen LogP contribution in [0, 0.1) is 0 Å². The number of aliphatic imine (C=N–C) groups is 1. The summed E-state index contributed by atoms with van der Waals surface area (Å²) in [5.41, 5.74) is 3.94. The Morgan fingerprint density at radius 2 is 1.57 bits per heavy atom. The molecule has 1 atom stereocenters. The van der Waals surface area contributed by atoms with Gasteiger partial charge in [-0.3, -0.25) is 4.79 Å². The number of nitrogens with zero attached hydrogens (tertiary/aromatic N) is 3. The first-order valence-corrected chi connectivity index (χ1v) is 12.6. The van der Waals surface area contributed by atoms with E-state index in [-0.39, 0.29) is 11.9 Å². The molecule has 0 aromatic heterocycles. The zero-order chi connectivity index (χ0) is 24.4. The first-order valence-electron chi connectivity index (χ1n) is 11.0. The van der Waals surface area contributed by atoms with E-state index in [0.717, 1.165) is 38.4 Å². The van der Waals surface area contributed by atoms with Crippen molar-refractivity contribution in [2.24, 2.45) is 10.1 Å². The van der Waals surface area contributed by atoms with Crippen LogP contribution in [0.4, 0.5) is 0 Å². The molecule has 0 radical (unpaired) electrons. The zero-order valence-corrected chi connectivity index (χ0v) is 21.5. The molecule has 0 saturated carbocycles. The highest BCUT2D eigenvalue weighted by molar-refractivity contribution is 9.10. The first kappa shape index (κ1) is 23.4. The quantitative estimate of drug-likeness (QED) is 0.351. The number of amides is 1. The Morgan fingerprint density at radius 1 is 0.943 bits per heavy atom. The number of carbonyl (C=O) groups excluding carboxylic acids is 1. The standard InChI is InChI=1S/C27H22BrN3O3S/c1-33-21-11-5-18(6-12-21)23-16-24(19-7-13-22(34-2)14-8-19)31(30-23)27-29-26(32)25(35-27)15-17-3-9-20(28)10-4-17/h3-15,24H,16H2,1-2H3/b25-15-. The van der Waals surface area contributed by atoms with Gasteiger partial charge < -0.3 is 9.47 Å². The van der Waals surface area contributed by atoms with Crippen molar-refractivity contribution in [3.05, 3.63) is 98.9 Å². The molecular weight excluding hydrogens is 526 g/mol. The molecule has 0 N–H and O–H groups in total. The van der Waals surface area contributed by atoms with Gasteiger partial charge in [0.15, 0.2) is 5.17 Å². The highest BCUT2D eigenvalue weighted by Gasteiger charge is 2.36. The van der Waals surface area contributed by atoms with Crippen molar-refractivity contribution < 1.29 is 14.3 Å². The maximum Gasteiger partial charge on any atom is 0.286 e. The molecule has 0 saturated heterocycles. The number of hydrazone groups is 1. The van der Waals surface area contributed by atoms with E-state index in [9.17, 15) is 4.79 Å². The minimum atomic E-state index is -0.255. The van der Waals surface area contributed by atoms with Gasteiger partial charge in [-0.1, -0.05) is 40.2 Å². The van der Waals surface area contributed by atoms with Gasteiger partial charge in [-0.2, -0.15) is 10.1 Å². The molecule has 0 bridgehead atoms. The fourth-order valence-electron chi connectivity index (χ4n) is 3.94. The minimum absolute atomic E-state index is 0.0934. The molecule has 5 rings (SSSR count). The van der Waals surface area contributed by atoms with Gasteiger partial charge in [0.2, 0.25) is 0 Å². The Hall–Kier alpha value is -3.36. The average Bonchev–Trinajstić information content (AvgIpc) is 3.49. The van der Waals surface area contributed by atoms with Crippen LogP contribution < -0.4 is 9.47 Å². The summed E-state index contributed by atoms with van der Waals surface area (Å²) < 4.78 is 11.6. The van der Waals surface area contributed by atoms with Gasteiger partial charge in [-0.25, -0.2) is 5.01 Å². The molecule has 6 nitrogen and oxygen atoms in total. The molecule has 176 valence electrons. The van der Waals surface area contributed by atoms with Crippen LogP contribution in [0.2, 0.25) is 0 Å². The zero-order valence-electron chi connectivity index (χ0n) is 19.1. The number of carbonyl (C=O) groups is 1. The molecule has 0 fully saturated rings. The Bertz CT molecular complexity index is 1330. The van der Waals surface area contributed by atoms with E-state index in [1.807, 2.05) is 83.9 Å². The van der Waals surface area contributed by atoms with Gasteiger partial charge >= 0.3 is 0 Å². The van der Waals surface area contributed by atoms with Gasteiger partial charge in [0, 0.05) is 10.9 Å². The molecule has 3 aromatic rings. The molecule has 2 aliphatic rings. The van der Waals surface area contributed by atoms with Crippen molar-refractivity contribution in [3.8, 4) is 11.5 Å². The number of methoxy groups -OCH3 is 2. The van der Waals surface area contributed by atoms with Gasteiger partial charge in [-0.15, -0.1) is 0 Å². The molecule has 2 heterocycles. The number of amidine groups is 1. The molecular formula is C27H22BrN3O3S. The number of ether oxygens (including phenoxy) is 2.